The van der Waals surface area contributed by atoms with Gasteiger partial charge in [0.05, 0.1) is 17.9 Å². The number of thiophene rings is 1. The molecule has 4 heteroatoms. The van der Waals surface area contributed by atoms with E-state index in [1.54, 1.807) is 12.3 Å². The van der Waals surface area contributed by atoms with Crippen LogP contribution in [0.5, 0.6) is 0 Å². The third-order valence-electron chi connectivity index (χ3n) is 1.73. The van der Waals surface area contributed by atoms with Crippen LogP contribution in [0.2, 0.25) is 0 Å². The van der Waals surface area contributed by atoms with E-state index in [0.29, 0.717) is 17.9 Å². The van der Waals surface area contributed by atoms with Gasteiger partial charge in [-0.25, -0.2) is 4.79 Å². The molecule has 0 saturated carbocycles. The second-order valence-corrected chi connectivity index (χ2v) is 3.52. The molecule has 2 N–H and O–H groups in total. The molecule has 72 valence electrons. The van der Waals surface area contributed by atoms with Crippen LogP contribution in [0.25, 0.3) is 0 Å². The smallest absolute Gasteiger partial charge is 0.341 e. The number of rotatable bonds is 3. The summed E-state index contributed by atoms with van der Waals surface area (Å²) in [5.41, 5.74) is 6.83. The number of ether oxygens (including phenoxy) is 1. The summed E-state index contributed by atoms with van der Waals surface area (Å²) < 4.78 is 4.85. The number of nitrogens with two attached hydrogens (primary N) is 1. The van der Waals surface area contributed by atoms with Crippen LogP contribution in [0.3, 0.4) is 0 Å². The van der Waals surface area contributed by atoms with E-state index in [-0.39, 0.29) is 5.97 Å². The Morgan fingerprint density at radius 2 is 2.31 bits per heavy atom. The second-order valence-electron chi connectivity index (χ2n) is 2.56. The van der Waals surface area contributed by atoms with Gasteiger partial charge in [-0.3, -0.25) is 0 Å². The Balaban J connectivity index is 2.89. The van der Waals surface area contributed by atoms with Crippen LogP contribution < -0.4 is 5.73 Å². The van der Waals surface area contributed by atoms with Crippen molar-refractivity contribution >= 4 is 23.0 Å². The standard InChI is InChI=1S/C9H13NO2S/c1-3-7-8(10)6(5-13-7)9(11)12-4-2/h5H,3-4,10H2,1-2H3. The van der Waals surface area contributed by atoms with Gasteiger partial charge in [-0.05, 0) is 13.3 Å². The van der Waals surface area contributed by atoms with E-state index in [4.69, 9.17) is 10.5 Å². The van der Waals surface area contributed by atoms with Gasteiger partial charge in [-0.1, -0.05) is 6.92 Å². The number of carbonyl (C=O) groups excluding carboxylic acids is 1. The fraction of sp³-hybridized carbons (Fsp3) is 0.444. The van der Waals surface area contributed by atoms with Crippen LogP contribution in [0.1, 0.15) is 29.1 Å². The molecule has 3 nitrogen and oxygen atoms in total. The minimum atomic E-state index is -0.323. The van der Waals surface area contributed by atoms with Crippen molar-refractivity contribution in [1.29, 1.82) is 0 Å². The van der Waals surface area contributed by atoms with Gasteiger partial charge >= 0.3 is 5.97 Å². The molecule has 0 aromatic carbocycles. The first kappa shape index (κ1) is 10.1. The number of esters is 1. The summed E-state index contributed by atoms with van der Waals surface area (Å²) in [5.74, 6) is -0.323. The molecule has 0 atom stereocenters. The van der Waals surface area contributed by atoms with Gasteiger partial charge in [-0.15, -0.1) is 11.3 Å². The Kier molecular flexibility index (Phi) is 3.31. The monoisotopic (exact) mass is 199 g/mol. The highest BCUT2D eigenvalue weighted by molar-refractivity contribution is 7.10. The number of hydrogen-bond donors (Lipinski definition) is 1. The average Bonchev–Trinajstić information content (AvgIpc) is 2.47. The lowest BCUT2D eigenvalue weighted by atomic mass is 10.2. The maximum absolute atomic E-state index is 11.3. The van der Waals surface area contributed by atoms with Crippen LogP contribution >= 0.6 is 11.3 Å². The average molecular weight is 199 g/mol. The van der Waals surface area contributed by atoms with E-state index >= 15 is 0 Å². The molecule has 0 aliphatic rings. The largest absolute Gasteiger partial charge is 0.462 e. The van der Waals surface area contributed by atoms with E-state index in [2.05, 4.69) is 0 Å². The first-order chi connectivity index (χ1) is 6.20. The molecule has 0 bridgehead atoms. The molecule has 1 aromatic heterocycles. The number of hydrogen-bond acceptors (Lipinski definition) is 4. The van der Waals surface area contributed by atoms with Crippen LogP contribution in [0, 0.1) is 0 Å². The Hall–Kier alpha value is -1.03. The van der Waals surface area contributed by atoms with Gasteiger partial charge < -0.3 is 10.5 Å². The molecule has 0 aliphatic carbocycles. The van der Waals surface area contributed by atoms with E-state index in [9.17, 15) is 4.79 Å². The SMILES string of the molecule is CCOC(=O)c1csc(CC)c1N. The molecule has 0 amide bonds. The molecule has 1 rings (SSSR count). The van der Waals surface area contributed by atoms with Crippen molar-refractivity contribution in [3.8, 4) is 0 Å². The predicted octanol–water partition coefficient (Wildman–Crippen LogP) is 2.07. The summed E-state index contributed by atoms with van der Waals surface area (Å²) in [7, 11) is 0. The summed E-state index contributed by atoms with van der Waals surface area (Å²) in [6.45, 7) is 4.17. The van der Waals surface area contributed by atoms with Crippen molar-refractivity contribution in [2.75, 3.05) is 12.3 Å². The lowest BCUT2D eigenvalue weighted by molar-refractivity contribution is 0.0528. The van der Waals surface area contributed by atoms with Crippen molar-refractivity contribution in [2.24, 2.45) is 0 Å². The minimum absolute atomic E-state index is 0.323. The summed E-state index contributed by atoms with van der Waals surface area (Å²) in [4.78, 5) is 12.3. The Bertz CT molecular complexity index is 307. The highest BCUT2D eigenvalue weighted by Gasteiger charge is 2.14. The number of nitrogen functional groups attached to an aromatic ring is 1. The zero-order valence-corrected chi connectivity index (χ0v) is 8.61. The van der Waals surface area contributed by atoms with Crippen LogP contribution in [0.15, 0.2) is 5.38 Å². The topological polar surface area (TPSA) is 52.3 Å². The summed E-state index contributed by atoms with van der Waals surface area (Å²) >= 11 is 1.50. The Morgan fingerprint density at radius 1 is 1.62 bits per heavy atom. The molecular formula is C9H13NO2S. The summed E-state index contributed by atoms with van der Waals surface area (Å²) in [6.07, 6.45) is 0.857. The normalized spacial score (nSPS) is 10.0. The lowest BCUT2D eigenvalue weighted by Gasteiger charge is -2.00. The van der Waals surface area contributed by atoms with Crippen molar-refractivity contribution < 1.29 is 9.53 Å². The maximum Gasteiger partial charge on any atom is 0.341 e. The van der Waals surface area contributed by atoms with E-state index in [1.807, 2.05) is 6.92 Å². The third kappa shape index (κ3) is 2.01. The zero-order valence-electron chi connectivity index (χ0n) is 7.79. The Morgan fingerprint density at radius 3 is 2.77 bits per heavy atom. The number of anilines is 1. The molecule has 0 radical (unpaired) electrons. The van der Waals surface area contributed by atoms with Crippen molar-refractivity contribution in [1.82, 2.24) is 0 Å². The highest BCUT2D eigenvalue weighted by atomic mass is 32.1. The molecule has 0 spiro atoms. The molecule has 1 heterocycles. The van der Waals surface area contributed by atoms with Crippen molar-refractivity contribution in [2.45, 2.75) is 20.3 Å². The molecule has 0 unspecified atom stereocenters. The summed E-state index contributed by atoms with van der Waals surface area (Å²) in [6, 6.07) is 0. The zero-order chi connectivity index (χ0) is 9.84. The molecule has 0 fully saturated rings. The fourth-order valence-corrected chi connectivity index (χ4v) is 1.93. The van der Waals surface area contributed by atoms with Crippen molar-refractivity contribution in [3.63, 3.8) is 0 Å². The van der Waals surface area contributed by atoms with Crippen LogP contribution in [-0.2, 0) is 11.2 Å². The van der Waals surface area contributed by atoms with Gasteiger partial charge in [0.25, 0.3) is 0 Å². The molecule has 1 aromatic rings. The second kappa shape index (κ2) is 4.28. The van der Waals surface area contributed by atoms with Gasteiger partial charge in [0.15, 0.2) is 0 Å². The van der Waals surface area contributed by atoms with Gasteiger partial charge in [0.2, 0.25) is 0 Å². The predicted molar refractivity (Wildman–Crippen MR) is 54.1 cm³/mol. The van der Waals surface area contributed by atoms with Crippen molar-refractivity contribution in [3.05, 3.63) is 15.8 Å². The van der Waals surface area contributed by atoms with Crippen LogP contribution in [-0.4, -0.2) is 12.6 Å². The minimum Gasteiger partial charge on any atom is -0.462 e. The van der Waals surface area contributed by atoms with Gasteiger partial charge in [0.1, 0.15) is 0 Å². The Labute approximate surface area is 81.5 Å². The quantitative estimate of drug-likeness (QED) is 0.758. The fourth-order valence-electron chi connectivity index (χ4n) is 1.05. The molecule has 0 aliphatic heterocycles. The van der Waals surface area contributed by atoms with E-state index in [0.717, 1.165) is 11.3 Å². The lowest BCUT2D eigenvalue weighted by Crippen LogP contribution is -2.06. The molecular weight excluding hydrogens is 186 g/mol. The van der Waals surface area contributed by atoms with E-state index < -0.39 is 0 Å². The number of aryl methyl sites for hydroxylation is 1. The molecule has 0 saturated heterocycles. The van der Waals surface area contributed by atoms with Gasteiger partial charge in [-0.2, -0.15) is 0 Å². The first-order valence-electron chi connectivity index (χ1n) is 4.23. The first-order valence-corrected chi connectivity index (χ1v) is 5.11. The van der Waals surface area contributed by atoms with Crippen LogP contribution in [0.4, 0.5) is 5.69 Å². The number of carbonyl (C=O) groups is 1. The maximum atomic E-state index is 11.3. The third-order valence-corrected chi connectivity index (χ3v) is 2.87. The summed E-state index contributed by atoms with van der Waals surface area (Å²) in [5, 5.41) is 1.76. The van der Waals surface area contributed by atoms with Gasteiger partial charge in [0, 0.05) is 10.3 Å². The molecule has 13 heavy (non-hydrogen) atoms. The van der Waals surface area contributed by atoms with E-state index in [1.165, 1.54) is 11.3 Å². The highest BCUT2D eigenvalue weighted by Crippen LogP contribution is 2.26.